The Bertz CT molecular complexity index is 558. The van der Waals surface area contributed by atoms with E-state index in [1.54, 1.807) is 21.7 Å². The zero-order chi connectivity index (χ0) is 16.3. The summed E-state index contributed by atoms with van der Waals surface area (Å²) in [5, 5.41) is 14.5. The van der Waals surface area contributed by atoms with E-state index in [1.807, 2.05) is 6.92 Å². The lowest BCUT2D eigenvalue weighted by atomic mass is 10.1. The Balaban J connectivity index is 2.06. The first-order valence-electron chi connectivity index (χ1n) is 7.76. The molecule has 5 nitrogen and oxygen atoms in total. The van der Waals surface area contributed by atoms with Gasteiger partial charge < -0.3 is 10.0 Å². The Morgan fingerprint density at radius 3 is 2.68 bits per heavy atom. The number of aliphatic hydroxyl groups excluding tert-OH is 1. The minimum atomic E-state index is -0.279. The van der Waals surface area contributed by atoms with E-state index in [1.165, 1.54) is 0 Å². The summed E-state index contributed by atoms with van der Waals surface area (Å²) in [6.45, 7) is 8.07. The van der Waals surface area contributed by atoms with Gasteiger partial charge in [-0.1, -0.05) is 25.4 Å². The molecule has 0 unspecified atom stereocenters. The minimum Gasteiger partial charge on any atom is -0.393 e. The number of aliphatic hydroxyl groups is 1. The number of aryl methyl sites for hydroxylation is 1. The number of piperidine rings is 1. The molecule has 1 amide bonds. The third-order valence-corrected chi connectivity index (χ3v) is 4.21. The van der Waals surface area contributed by atoms with Crippen molar-refractivity contribution >= 4 is 23.6 Å². The molecule has 22 heavy (non-hydrogen) atoms. The van der Waals surface area contributed by atoms with Crippen molar-refractivity contribution in [2.24, 2.45) is 5.92 Å². The molecule has 0 bridgehead atoms. The molecule has 1 N–H and O–H groups in total. The quantitative estimate of drug-likeness (QED) is 0.865. The van der Waals surface area contributed by atoms with Crippen molar-refractivity contribution in [1.29, 1.82) is 0 Å². The van der Waals surface area contributed by atoms with Gasteiger partial charge in [-0.3, -0.25) is 9.48 Å². The summed E-state index contributed by atoms with van der Waals surface area (Å²) >= 11 is 6.35. The first kappa shape index (κ1) is 17.0. The van der Waals surface area contributed by atoms with Crippen molar-refractivity contribution < 1.29 is 9.90 Å². The minimum absolute atomic E-state index is 0.0426. The van der Waals surface area contributed by atoms with Gasteiger partial charge in [-0.15, -0.1) is 0 Å². The van der Waals surface area contributed by atoms with Gasteiger partial charge in [0.2, 0.25) is 5.91 Å². The number of hydrogen-bond acceptors (Lipinski definition) is 3. The molecule has 1 aliphatic heterocycles. The van der Waals surface area contributed by atoms with Gasteiger partial charge >= 0.3 is 0 Å². The number of hydrogen-bond donors (Lipinski definition) is 1. The summed E-state index contributed by atoms with van der Waals surface area (Å²) in [7, 11) is 0. The van der Waals surface area contributed by atoms with Crippen molar-refractivity contribution in [1.82, 2.24) is 14.7 Å². The molecular formula is C16H24ClN3O2. The van der Waals surface area contributed by atoms with Crippen LogP contribution in [0.1, 0.15) is 37.9 Å². The molecule has 0 aromatic carbocycles. The standard InChI is InChI=1S/C16H24ClN3O2/c1-11(2)10-20-16(17)14(12(3)18-20)4-5-15(22)19-8-6-13(21)7-9-19/h4-5,11,13,21H,6-10H2,1-3H3/b5-4+. The second kappa shape index (κ2) is 7.29. The first-order chi connectivity index (χ1) is 10.4. The van der Waals surface area contributed by atoms with E-state index in [-0.39, 0.29) is 12.0 Å². The Morgan fingerprint density at radius 2 is 2.09 bits per heavy atom. The van der Waals surface area contributed by atoms with Gasteiger partial charge in [0.05, 0.1) is 11.8 Å². The summed E-state index contributed by atoms with van der Waals surface area (Å²) in [5.74, 6) is 0.411. The van der Waals surface area contributed by atoms with Gasteiger partial charge in [-0.05, 0) is 31.8 Å². The van der Waals surface area contributed by atoms with Gasteiger partial charge in [0.1, 0.15) is 5.15 Å². The van der Waals surface area contributed by atoms with E-state index in [4.69, 9.17) is 11.6 Å². The molecule has 0 radical (unpaired) electrons. The van der Waals surface area contributed by atoms with Crippen LogP contribution in [0.2, 0.25) is 5.15 Å². The molecule has 1 aromatic heterocycles. The van der Waals surface area contributed by atoms with Gasteiger partial charge in [-0.25, -0.2) is 0 Å². The van der Waals surface area contributed by atoms with E-state index in [9.17, 15) is 9.90 Å². The number of amides is 1. The van der Waals surface area contributed by atoms with Crippen LogP contribution in [0.25, 0.3) is 6.08 Å². The van der Waals surface area contributed by atoms with Crippen LogP contribution in [0.3, 0.4) is 0 Å². The summed E-state index contributed by atoms with van der Waals surface area (Å²) in [6.07, 6.45) is 4.30. The number of aromatic nitrogens is 2. The highest BCUT2D eigenvalue weighted by molar-refractivity contribution is 6.31. The summed E-state index contributed by atoms with van der Waals surface area (Å²) in [6, 6.07) is 0. The number of nitrogens with zero attached hydrogens (tertiary/aromatic N) is 3. The predicted molar refractivity (Wildman–Crippen MR) is 87.7 cm³/mol. The average molecular weight is 326 g/mol. The van der Waals surface area contributed by atoms with E-state index in [0.717, 1.165) is 17.8 Å². The third kappa shape index (κ3) is 4.11. The molecule has 6 heteroatoms. The summed E-state index contributed by atoms with van der Waals surface area (Å²) in [4.78, 5) is 13.9. The lowest BCUT2D eigenvalue weighted by Gasteiger charge is -2.28. The molecule has 2 heterocycles. The zero-order valence-corrected chi connectivity index (χ0v) is 14.2. The highest BCUT2D eigenvalue weighted by atomic mass is 35.5. The van der Waals surface area contributed by atoms with Crippen LogP contribution in [0, 0.1) is 12.8 Å². The molecule has 1 fully saturated rings. The largest absolute Gasteiger partial charge is 0.393 e. The van der Waals surface area contributed by atoms with Crippen LogP contribution in [0.5, 0.6) is 0 Å². The molecular weight excluding hydrogens is 302 g/mol. The maximum atomic E-state index is 12.2. The van der Waals surface area contributed by atoms with E-state index in [2.05, 4.69) is 18.9 Å². The van der Waals surface area contributed by atoms with Gasteiger partial charge in [0.15, 0.2) is 0 Å². The molecule has 0 aliphatic carbocycles. The van der Waals surface area contributed by atoms with Gasteiger partial charge in [-0.2, -0.15) is 5.10 Å². The van der Waals surface area contributed by atoms with Crippen molar-refractivity contribution in [3.8, 4) is 0 Å². The topological polar surface area (TPSA) is 58.4 Å². The molecule has 1 aliphatic rings. The zero-order valence-electron chi connectivity index (χ0n) is 13.4. The van der Waals surface area contributed by atoms with Crippen LogP contribution < -0.4 is 0 Å². The fourth-order valence-corrected chi connectivity index (χ4v) is 2.88. The van der Waals surface area contributed by atoms with Crippen LogP contribution in [-0.2, 0) is 11.3 Å². The normalized spacial score (nSPS) is 16.9. The van der Waals surface area contributed by atoms with Crippen molar-refractivity contribution in [3.05, 3.63) is 22.5 Å². The molecule has 0 saturated carbocycles. The Labute approximate surface area is 136 Å². The molecule has 2 rings (SSSR count). The lowest BCUT2D eigenvalue weighted by molar-refractivity contribution is -0.127. The lowest BCUT2D eigenvalue weighted by Crippen LogP contribution is -2.39. The number of carbonyl (C=O) groups excluding carboxylic acids is 1. The monoisotopic (exact) mass is 325 g/mol. The Hall–Kier alpha value is -1.33. The molecule has 122 valence electrons. The average Bonchev–Trinajstić information content (AvgIpc) is 2.71. The molecule has 0 atom stereocenters. The van der Waals surface area contributed by atoms with E-state index < -0.39 is 0 Å². The number of likely N-dealkylation sites (tertiary alicyclic amines) is 1. The SMILES string of the molecule is Cc1nn(CC(C)C)c(Cl)c1/C=C/C(=O)N1CCC(O)CC1. The van der Waals surface area contributed by atoms with Gasteiger partial charge in [0, 0.05) is 31.3 Å². The van der Waals surface area contributed by atoms with Gasteiger partial charge in [0.25, 0.3) is 0 Å². The van der Waals surface area contributed by atoms with Crippen molar-refractivity contribution in [3.63, 3.8) is 0 Å². The number of halogens is 1. The van der Waals surface area contributed by atoms with Crippen LogP contribution in [0.4, 0.5) is 0 Å². The number of carbonyl (C=O) groups is 1. The van der Waals surface area contributed by atoms with Crippen molar-refractivity contribution in [2.45, 2.75) is 46.3 Å². The van der Waals surface area contributed by atoms with E-state index >= 15 is 0 Å². The highest BCUT2D eigenvalue weighted by Gasteiger charge is 2.20. The summed E-state index contributed by atoms with van der Waals surface area (Å²) in [5.41, 5.74) is 1.62. The predicted octanol–water partition coefficient (Wildman–Crippen LogP) is 2.50. The Morgan fingerprint density at radius 1 is 1.45 bits per heavy atom. The fourth-order valence-electron chi connectivity index (χ4n) is 2.57. The Kier molecular flexibility index (Phi) is 5.64. The third-order valence-electron chi connectivity index (χ3n) is 3.82. The second-order valence-electron chi connectivity index (χ2n) is 6.26. The number of rotatable bonds is 4. The summed E-state index contributed by atoms with van der Waals surface area (Å²) < 4.78 is 1.78. The molecule has 1 aromatic rings. The maximum absolute atomic E-state index is 12.2. The van der Waals surface area contributed by atoms with Crippen LogP contribution in [-0.4, -0.2) is 44.9 Å². The van der Waals surface area contributed by atoms with Crippen LogP contribution >= 0.6 is 11.6 Å². The smallest absolute Gasteiger partial charge is 0.246 e. The molecule has 1 saturated heterocycles. The highest BCUT2D eigenvalue weighted by Crippen LogP contribution is 2.22. The maximum Gasteiger partial charge on any atom is 0.246 e. The first-order valence-corrected chi connectivity index (χ1v) is 8.14. The second-order valence-corrected chi connectivity index (χ2v) is 6.61. The fraction of sp³-hybridized carbons (Fsp3) is 0.625. The van der Waals surface area contributed by atoms with Crippen LogP contribution in [0.15, 0.2) is 6.08 Å². The van der Waals surface area contributed by atoms with E-state index in [0.29, 0.717) is 37.0 Å². The molecule has 0 spiro atoms. The van der Waals surface area contributed by atoms with Crippen molar-refractivity contribution in [2.75, 3.05) is 13.1 Å².